The maximum atomic E-state index is 4.35. The molecule has 2 N–H and O–H groups in total. The lowest BCUT2D eigenvalue weighted by Gasteiger charge is -2.34. The highest BCUT2D eigenvalue weighted by atomic mass is 15.3. The van der Waals surface area contributed by atoms with Crippen molar-refractivity contribution in [3.63, 3.8) is 0 Å². The van der Waals surface area contributed by atoms with E-state index in [0.29, 0.717) is 6.04 Å². The number of nitrogens with one attached hydrogen (secondary N) is 2. The van der Waals surface area contributed by atoms with Gasteiger partial charge in [-0.3, -0.25) is 0 Å². The van der Waals surface area contributed by atoms with Crippen LogP contribution in [0.5, 0.6) is 0 Å². The third-order valence-corrected chi connectivity index (χ3v) is 6.41. The first kappa shape index (κ1) is 20.0. The van der Waals surface area contributed by atoms with Crippen LogP contribution in [-0.4, -0.2) is 23.7 Å². The van der Waals surface area contributed by atoms with E-state index >= 15 is 0 Å². The van der Waals surface area contributed by atoms with Crippen LogP contribution >= 0.6 is 0 Å². The Morgan fingerprint density at radius 1 is 1.07 bits per heavy atom. The maximum Gasteiger partial charge on any atom is 0.421 e. The molecule has 0 bridgehead atoms. The molecule has 2 unspecified atom stereocenters. The molecular formula is C23H34N6+2. The number of hydrogen-bond acceptors (Lipinski definition) is 4. The van der Waals surface area contributed by atoms with E-state index in [0.717, 1.165) is 36.3 Å². The molecule has 0 amide bonds. The Morgan fingerprint density at radius 2 is 1.90 bits per heavy atom. The largest absolute Gasteiger partial charge is 0.421 e. The van der Waals surface area contributed by atoms with Gasteiger partial charge in [0.2, 0.25) is 0 Å². The van der Waals surface area contributed by atoms with Gasteiger partial charge in [0, 0.05) is 23.9 Å². The smallest absolute Gasteiger partial charge is 0.384 e. The van der Waals surface area contributed by atoms with E-state index in [-0.39, 0.29) is 0 Å². The van der Waals surface area contributed by atoms with Crippen LogP contribution in [0.1, 0.15) is 44.9 Å². The summed E-state index contributed by atoms with van der Waals surface area (Å²) in [6, 6.07) is 8.86. The number of benzene rings is 1. The Kier molecular flexibility index (Phi) is 6.49. The van der Waals surface area contributed by atoms with Crippen LogP contribution in [-0.2, 0) is 14.1 Å². The fourth-order valence-corrected chi connectivity index (χ4v) is 4.83. The number of imidazole rings is 1. The van der Waals surface area contributed by atoms with Gasteiger partial charge in [-0.15, -0.1) is 0 Å². The molecule has 29 heavy (non-hydrogen) atoms. The van der Waals surface area contributed by atoms with Crippen LogP contribution in [0.3, 0.4) is 0 Å². The minimum Gasteiger partial charge on any atom is -0.384 e. The zero-order valence-corrected chi connectivity index (χ0v) is 17.8. The van der Waals surface area contributed by atoms with Gasteiger partial charge in [0.1, 0.15) is 11.6 Å². The zero-order valence-electron chi connectivity index (χ0n) is 17.8. The molecule has 2 fully saturated rings. The van der Waals surface area contributed by atoms with Gasteiger partial charge in [-0.25, -0.2) is 9.13 Å². The molecule has 0 aliphatic heterocycles. The number of aromatic nitrogens is 2. The van der Waals surface area contributed by atoms with Crippen molar-refractivity contribution in [3.05, 3.63) is 42.6 Å². The van der Waals surface area contributed by atoms with Gasteiger partial charge in [0.15, 0.2) is 0 Å². The first-order valence-electron chi connectivity index (χ1n) is 11.1. The van der Waals surface area contributed by atoms with Gasteiger partial charge >= 0.3 is 5.95 Å². The molecule has 2 aliphatic rings. The van der Waals surface area contributed by atoms with E-state index in [1.807, 2.05) is 53.7 Å². The molecule has 1 heterocycles. The SMILES string of the molecule is Cn1cc[n+](C)c1N=Nc1ccc(NCCNC2CCC[C+]3CCCCC32)cc1. The highest BCUT2D eigenvalue weighted by Gasteiger charge is 2.42. The fraction of sp³-hybridized carbons (Fsp3) is 0.565. The molecule has 6 heteroatoms. The van der Waals surface area contributed by atoms with Crippen molar-refractivity contribution in [3.8, 4) is 0 Å². The summed E-state index contributed by atoms with van der Waals surface area (Å²) in [6.45, 7) is 1.96. The predicted molar refractivity (Wildman–Crippen MR) is 117 cm³/mol. The van der Waals surface area contributed by atoms with E-state index in [4.69, 9.17) is 0 Å². The van der Waals surface area contributed by atoms with Crippen LogP contribution < -0.4 is 15.2 Å². The van der Waals surface area contributed by atoms with Crippen molar-refractivity contribution in [2.24, 2.45) is 30.2 Å². The average molecular weight is 395 g/mol. The summed E-state index contributed by atoms with van der Waals surface area (Å²) >= 11 is 0. The standard InChI is InChI=1S/C23H33N6/c1-28-16-17-29(2)23(28)27-26-20-12-10-19(11-13-20)24-14-15-25-22-9-5-7-18-6-3-4-8-21(18)22/h10-13,16-17,21-22,25H,3-9,14-15H2,1-2H3/q+1/p+1. The Balaban J connectivity index is 1.22. The van der Waals surface area contributed by atoms with Crippen LogP contribution in [0.25, 0.3) is 0 Å². The van der Waals surface area contributed by atoms with Crippen molar-refractivity contribution in [1.82, 2.24) is 9.88 Å². The summed E-state index contributed by atoms with van der Waals surface area (Å²) in [6.07, 6.45) is 13.6. The molecule has 4 rings (SSSR count). The second kappa shape index (κ2) is 9.44. The van der Waals surface area contributed by atoms with Crippen molar-refractivity contribution in [2.45, 2.75) is 51.0 Å². The number of rotatable bonds is 7. The van der Waals surface area contributed by atoms with Gasteiger partial charge in [-0.1, -0.05) is 5.11 Å². The number of fused-ring (bicyclic) bond motifs is 1. The van der Waals surface area contributed by atoms with Crippen LogP contribution in [0.15, 0.2) is 46.9 Å². The quantitative estimate of drug-likeness (QED) is 0.312. The first-order valence-corrected chi connectivity index (χ1v) is 11.1. The van der Waals surface area contributed by atoms with Crippen molar-refractivity contribution in [2.75, 3.05) is 18.4 Å². The van der Waals surface area contributed by atoms with Crippen molar-refractivity contribution in [1.29, 1.82) is 0 Å². The topological polar surface area (TPSA) is 57.6 Å². The normalized spacial score (nSPS) is 22.1. The molecule has 6 nitrogen and oxygen atoms in total. The van der Waals surface area contributed by atoms with E-state index in [2.05, 4.69) is 33.0 Å². The Labute approximate surface area is 174 Å². The molecule has 0 spiro atoms. The lowest BCUT2D eigenvalue weighted by molar-refractivity contribution is -0.657. The third kappa shape index (κ3) is 4.99. The predicted octanol–water partition coefficient (Wildman–Crippen LogP) is 4.58. The molecule has 1 aromatic heterocycles. The van der Waals surface area contributed by atoms with E-state index in [1.165, 1.54) is 44.9 Å². The van der Waals surface area contributed by atoms with Gasteiger partial charge in [0.25, 0.3) is 0 Å². The number of aryl methyl sites for hydroxylation is 2. The molecule has 2 aromatic rings. The second-order valence-electron chi connectivity index (χ2n) is 8.46. The highest BCUT2D eigenvalue weighted by molar-refractivity contribution is 5.50. The number of nitrogens with zero attached hydrogens (tertiary/aromatic N) is 4. The van der Waals surface area contributed by atoms with Crippen LogP contribution in [0.4, 0.5) is 17.3 Å². The molecule has 2 saturated carbocycles. The molecule has 154 valence electrons. The molecular weight excluding hydrogens is 360 g/mol. The van der Waals surface area contributed by atoms with Gasteiger partial charge in [-0.05, 0) is 56.4 Å². The van der Waals surface area contributed by atoms with E-state index in [1.54, 1.807) is 0 Å². The Bertz CT molecular complexity index is 788. The molecule has 0 radical (unpaired) electrons. The first-order chi connectivity index (χ1) is 14.2. The van der Waals surface area contributed by atoms with Crippen LogP contribution in [0.2, 0.25) is 0 Å². The minimum absolute atomic E-state index is 0.697. The number of hydrogen-bond donors (Lipinski definition) is 2. The number of anilines is 1. The van der Waals surface area contributed by atoms with Crippen LogP contribution in [0, 0.1) is 11.8 Å². The summed E-state index contributed by atoms with van der Waals surface area (Å²) in [5.74, 6) is 3.51. The maximum absolute atomic E-state index is 4.35. The lowest BCUT2D eigenvalue weighted by Crippen LogP contribution is -2.44. The molecule has 0 saturated heterocycles. The summed E-state index contributed by atoms with van der Waals surface area (Å²) in [5, 5.41) is 16.0. The average Bonchev–Trinajstić information content (AvgIpc) is 3.08. The van der Waals surface area contributed by atoms with Gasteiger partial charge < -0.3 is 10.6 Å². The van der Waals surface area contributed by atoms with E-state index < -0.39 is 0 Å². The zero-order chi connectivity index (χ0) is 20.1. The molecule has 2 atom stereocenters. The summed E-state index contributed by atoms with van der Waals surface area (Å²) < 4.78 is 3.90. The fourth-order valence-electron chi connectivity index (χ4n) is 4.83. The minimum atomic E-state index is 0.697. The Morgan fingerprint density at radius 3 is 2.69 bits per heavy atom. The third-order valence-electron chi connectivity index (χ3n) is 6.41. The van der Waals surface area contributed by atoms with Gasteiger partial charge in [-0.2, -0.15) is 0 Å². The van der Waals surface area contributed by atoms with Crippen molar-refractivity contribution >= 4 is 17.3 Å². The van der Waals surface area contributed by atoms with Crippen molar-refractivity contribution < 1.29 is 4.57 Å². The highest BCUT2D eigenvalue weighted by Crippen LogP contribution is 2.42. The molecule has 1 aromatic carbocycles. The lowest BCUT2D eigenvalue weighted by atomic mass is 9.68. The molecule has 2 aliphatic carbocycles. The Hall–Kier alpha value is -2.34. The number of azo groups is 1. The summed E-state index contributed by atoms with van der Waals surface area (Å²) in [7, 11) is 3.94. The summed E-state index contributed by atoms with van der Waals surface area (Å²) in [4.78, 5) is 0. The monoisotopic (exact) mass is 394 g/mol. The second-order valence-corrected chi connectivity index (χ2v) is 8.46. The summed E-state index contributed by atoms with van der Waals surface area (Å²) in [5.41, 5.74) is 1.99. The van der Waals surface area contributed by atoms with E-state index in [9.17, 15) is 0 Å². The van der Waals surface area contributed by atoms with Gasteiger partial charge in [0.05, 0.1) is 51.3 Å².